The van der Waals surface area contributed by atoms with Crippen LogP contribution in [-0.4, -0.2) is 88.6 Å². The number of nitrogens with one attached hydrogen (secondary N) is 2. The molecule has 3 rings (SSSR count). The molecule has 3 aliphatic heterocycles. The van der Waals surface area contributed by atoms with Crippen LogP contribution in [0.5, 0.6) is 0 Å². The number of likely N-dealkylation sites (tertiary alicyclic amines) is 1. The number of hydrazine groups is 1. The molecule has 0 saturated carbocycles. The number of rotatable bonds is 2. The Morgan fingerprint density at radius 1 is 1.14 bits per heavy atom. The van der Waals surface area contributed by atoms with Gasteiger partial charge in [-0.1, -0.05) is 11.6 Å². The fourth-order valence-corrected chi connectivity index (χ4v) is 3.81. The second kappa shape index (κ2) is 12.4. The largest absolute Gasteiger partial charge is 1.00 e. The van der Waals surface area contributed by atoms with Crippen molar-refractivity contribution >= 4 is 34.3 Å². The van der Waals surface area contributed by atoms with E-state index in [1.165, 1.54) is 9.80 Å². The van der Waals surface area contributed by atoms with Gasteiger partial charge in [-0.25, -0.2) is 4.79 Å². The molecule has 3 aliphatic rings. The van der Waals surface area contributed by atoms with E-state index in [0.717, 1.165) is 5.57 Å². The topological polar surface area (TPSA) is 197 Å². The Bertz CT molecular complexity index is 958. The second-order valence-corrected chi connectivity index (χ2v) is 10.0. The van der Waals surface area contributed by atoms with Gasteiger partial charge in [-0.3, -0.25) is 34.3 Å². The molecule has 5 amide bonds. The monoisotopic (exact) mass is 527 g/mol. The van der Waals surface area contributed by atoms with Crippen molar-refractivity contribution in [1.29, 1.82) is 0 Å². The van der Waals surface area contributed by atoms with E-state index in [-0.39, 0.29) is 48.1 Å². The Morgan fingerprint density at radius 3 is 2.29 bits per heavy atom. The molecule has 0 unspecified atom stereocenters. The van der Waals surface area contributed by atoms with Gasteiger partial charge in [-0.2, -0.15) is 8.42 Å². The summed E-state index contributed by atoms with van der Waals surface area (Å²) >= 11 is 0. The number of piperidine rings is 1. The van der Waals surface area contributed by atoms with E-state index in [9.17, 15) is 19.2 Å². The molecule has 0 aromatic heterocycles. The number of fused-ring (bicyclic) bond motifs is 2. The minimum atomic E-state index is -4.67. The third-order valence-corrected chi connectivity index (χ3v) is 5.11. The summed E-state index contributed by atoms with van der Waals surface area (Å²) in [6.07, 6.45) is 2.62. The molecule has 3 atom stereocenters. The maximum Gasteiger partial charge on any atom is 1.00 e. The Labute approximate surface area is 226 Å². The molecular formula is C19H30N5NaO9S. The Hall–Kier alpha value is -1.91. The van der Waals surface area contributed by atoms with Gasteiger partial charge >= 0.3 is 46.0 Å². The summed E-state index contributed by atoms with van der Waals surface area (Å²) in [7, 11) is -4.67. The van der Waals surface area contributed by atoms with Crippen molar-refractivity contribution < 1.29 is 71.0 Å². The molecule has 0 aromatic carbocycles. The fourth-order valence-electron chi connectivity index (χ4n) is 3.81. The van der Waals surface area contributed by atoms with Crippen molar-refractivity contribution in [3.8, 4) is 0 Å². The number of hydrogen-bond acceptors (Lipinski definition) is 7. The van der Waals surface area contributed by atoms with Crippen LogP contribution in [0.4, 0.5) is 9.59 Å². The first-order valence-corrected chi connectivity index (χ1v) is 11.9. The van der Waals surface area contributed by atoms with E-state index < -0.39 is 46.0 Å². The van der Waals surface area contributed by atoms with Crippen molar-refractivity contribution in [2.45, 2.75) is 58.2 Å². The third-order valence-electron chi connectivity index (χ3n) is 5.11. The van der Waals surface area contributed by atoms with Gasteiger partial charge in [0.2, 0.25) is 11.8 Å². The number of ether oxygens (including phenoxy) is 1. The number of amides is 5. The number of hydrogen-bond donors (Lipinski definition) is 4. The Kier molecular flexibility index (Phi) is 11.0. The second-order valence-electron chi connectivity index (χ2n) is 9.14. The van der Waals surface area contributed by atoms with Crippen LogP contribution in [0.15, 0.2) is 11.6 Å². The normalized spacial score (nSPS) is 23.5. The summed E-state index contributed by atoms with van der Waals surface area (Å²) in [5, 5.41) is 3.95. The molecule has 16 heteroatoms. The predicted octanol–water partition coefficient (Wildman–Crippen LogP) is -2.36. The molecule has 2 saturated heterocycles. The summed E-state index contributed by atoms with van der Waals surface area (Å²) < 4.78 is 36.9. The first-order chi connectivity index (χ1) is 15.5. The summed E-state index contributed by atoms with van der Waals surface area (Å²) in [6.45, 7) is 8.25. The molecular weight excluding hydrogens is 497 g/mol. The predicted molar refractivity (Wildman–Crippen MR) is 118 cm³/mol. The van der Waals surface area contributed by atoms with Crippen LogP contribution in [0.3, 0.4) is 0 Å². The van der Waals surface area contributed by atoms with E-state index >= 15 is 0 Å². The Balaban J connectivity index is 0.000000927. The van der Waals surface area contributed by atoms with Crippen LogP contribution in [-0.2, 0) is 24.7 Å². The van der Waals surface area contributed by atoms with Crippen molar-refractivity contribution in [3.63, 3.8) is 0 Å². The summed E-state index contributed by atoms with van der Waals surface area (Å²) in [6, 6.07) is -1.41. The molecule has 0 aliphatic carbocycles. The Morgan fingerprint density at radius 2 is 1.71 bits per heavy atom. The van der Waals surface area contributed by atoms with Crippen LogP contribution >= 0.6 is 0 Å². The third kappa shape index (κ3) is 9.93. The van der Waals surface area contributed by atoms with Gasteiger partial charge in [-0.05, 0) is 53.1 Å². The van der Waals surface area contributed by atoms with Crippen LogP contribution in [0.1, 0.15) is 40.5 Å². The van der Waals surface area contributed by atoms with E-state index in [4.69, 9.17) is 22.3 Å². The average molecular weight is 528 g/mol. The zero-order valence-electron chi connectivity index (χ0n) is 20.3. The molecule has 2 bridgehead atoms. The standard InChI is InChI=1S/C19H29N5O5.Na.H2O4S/c1-11-8-13-10-24(17(27)20-13)14(11)16(26)22-21-15(25)12-6-5-7-23(9-12)18(28)29-19(2,3)4;;1-5(2,3)4/h8,12-14H,5-7,9-10H2,1-4H3,(H3,20,21,22,25,26,27);;(H2,1,2,3,4)/q;+1;/p-1/t12-,13-,14+;;/m1../s1. The molecule has 14 nitrogen and oxygen atoms in total. The van der Waals surface area contributed by atoms with E-state index in [1.54, 1.807) is 33.8 Å². The van der Waals surface area contributed by atoms with Crippen molar-refractivity contribution in [3.05, 3.63) is 17.0 Å². The molecule has 0 radical (unpaired) electrons. The molecule has 35 heavy (non-hydrogen) atoms. The number of carbonyl (C=O) groups is 4. The van der Waals surface area contributed by atoms with E-state index in [0.29, 0.717) is 25.9 Å². The summed E-state index contributed by atoms with van der Waals surface area (Å²) in [5.41, 5.74) is 4.97. The zero-order valence-corrected chi connectivity index (χ0v) is 23.2. The SMILES string of the molecule is CC1=C[C@@H]2CN(C(=O)[N-]2)[C@@H]1C(=O)NNC(=O)[C@@H]1CCCN(C(=O)OC(C)(C)C)C1.O=S(=O)(O)O.[Na+]. The summed E-state index contributed by atoms with van der Waals surface area (Å²) in [5.74, 6) is -1.32. The van der Waals surface area contributed by atoms with Gasteiger partial charge in [-0.15, -0.1) is 0 Å². The maximum atomic E-state index is 12.6. The number of carbonyl (C=O) groups excluding carboxylic acids is 4. The zero-order chi connectivity index (χ0) is 25.8. The molecule has 0 spiro atoms. The molecule has 3 heterocycles. The van der Waals surface area contributed by atoms with Crippen LogP contribution in [0.25, 0.3) is 5.32 Å². The first kappa shape index (κ1) is 31.1. The van der Waals surface area contributed by atoms with Gasteiger partial charge < -0.3 is 19.9 Å². The quantitative estimate of drug-likeness (QED) is 0.131. The smallest absolute Gasteiger partial charge is 0.444 e. The van der Waals surface area contributed by atoms with Crippen molar-refractivity contribution in [1.82, 2.24) is 20.7 Å². The minimum Gasteiger partial charge on any atom is -0.444 e. The van der Waals surface area contributed by atoms with Gasteiger partial charge in [0.1, 0.15) is 5.60 Å². The van der Waals surface area contributed by atoms with Crippen molar-refractivity contribution in [2.75, 3.05) is 19.6 Å². The van der Waals surface area contributed by atoms with Gasteiger partial charge in [0.15, 0.2) is 6.03 Å². The van der Waals surface area contributed by atoms with E-state index in [1.807, 2.05) is 0 Å². The van der Waals surface area contributed by atoms with Crippen LogP contribution in [0.2, 0.25) is 0 Å². The maximum absolute atomic E-state index is 12.6. The summed E-state index contributed by atoms with van der Waals surface area (Å²) in [4.78, 5) is 52.2. The minimum absolute atomic E-state index is 0. The van der Waals surface area contributed by atoms with E-state index in [2.05, 4.69) is 16.2 Å². The molecule has 192 valence electrons. The first-order valence-electron chi connectivity index (χ1n) is 10.5. The average Bonchev–Trinajstić information content (AvgIpc) is 2.97. The van der Waals surface area contributed by atoms with Crippen LogP contribution in [0, 0.1) is 5.92 Å². The molecule has 4 N–H and O–H groups in total. The molecule has 0 aromatic rings. The van der Waals surface area contributed by atoms with Gasteiger partial charge in [0.25, 0.3) is 0 Å². The van der Waals surface area contributed by atoms with Crippen molar-refractivity contribution in [2.24, 2.45) is 5.92 Å². The number of urea groups is 1. The van der Waals surface area contributed by atoms with Crippen LogP contribution < -0.4 is 40.4 Å². The molecule has 2 fully saturated rings. The van der Waals surface area contributed by atoms with Gasteiger partial charge in [0, 0.05) is 13.1 Å². The number of nitrogens with zero attached hydrogens (tertiary/aromatic N) is 3. The van der Waals surface area contributed by atoms with Gasteiger partial charge in [0.05, 0.1) is 12.0 Å². The fraction of sp³-hybridized carbons (Fsp3) is 0.684.